The third-order valence-corrected chi connectivity index (χ3v) is 4.55. The van der Waals surface area contributed by atoms with E-state index in [2.05, 4.69) is 0 Å². The molecule has 128 valence electrons. The fourth-order valence-electron chi connectivity index (χ4n) is 3.12. The molecule has 1 N–H and O–H groups in total. The molecule has 25 heavy (non-hydrogen) atoms. The maximum Gasteiger partial charge on any atom is 0.416 e. The number of furan rings is 1. The maximum atomic E-state index is 12.9. The van der Waals surface area contributed by atoms with Gasteiger partial charge in [-0.2, -0.15) is 13.2 Å². The molecule has 1 aromatic heterocycles. The van der Waals surface area contributed by atoms with Crippen LogP contribution in [0.25, 0.3) is 22.3 Å². The first-order chi connectivity index (χ1) is 11.8. The zero-order chi connectivity index (χ0) is 17.8. The van der Waals surface area contributed by atoms with Crippen molar-refractivity contribution in [2.75, 3.05) is 0 Å². The number of halogens is 3. The van der Waals surface area contributed by atoms with Crippen LogP contribution < -0.4 is 0 Å². The van der Waals surface area contributed by atoms with Crippen LogP contribution >= 0.6 is 0 Å². The van der Waals surface area contributed by atoms with Crippen molar-refractivity contribution in [3.8, 4) is 11.3 Å². The number of carboxylic acids is 1. The summed E-state index contributed by atoms with van der Waals surface area (Å²) in [6, 6.07) is 12.1. The Bertz CT molecular complexity index is 971. The zero-order valence-corrected chi connectivity index (χ0v) is 12.9. The minimum Gasteiger partial charge on any atom is -0.481 e. The van der Waals surface area contributed by atoms with Crippen LogP contribution in [0, 0.1) is 5.92 Å². The lowest BCUT2D eigenvalue weighted by atomic mass is 10.1. The first kappa shape index (κ1) is 15.7. The van der Waals surface area contributed by atoms with Gasteiger partial charge in [-0.1, -0.05) is 18.2 Å². The minimum atomic E-state index is -4.41. The van der Waals surface area contributed by atoms with Crippen molar-refractivity contribution in [3.05, 3.63) is 59.7 Å². The smallest absolute Gasteiger partial charge is 0.416 e. The van der Waals surface area contributed by atoms with E-state index in [9.17, 15) is 18.0 Å². The molecule has 3 nitrogen and oxygen atoms in total. The Hall–Kier alpha value is -2.76. The van der Waals surface area contributed by atoms with Gasteiger partial charge in [0.25, 0.3) is 0 Å². The van der Waals surface area contributed by atoms with Gasteiger partial charge in [0.2, 0.25) is 0 Å². The molecule has 0 amide bonds. The number of hydrogen-bond acceptors (Lipinski definition) is 2. The highest BCUT2D eigenvalue weighted by atomic mass is 19.4. The summed E-state index contributed by atoms with van der Waals surface area (Å²) in [5.41, 5.74) is 1.09. The normalized spacial score (nSPS) is 20.0. The highest BCUT2D eigenvalue weighted by molar-refractivity contribution is 5.84. The molecule has 1 heterocycles. The second-order valence-corrected chi connectivity index (χ2v) is 6.27. The van der Waals surface area contributed by atoms with Gasteiger partial charge in [-0.15, -0.1) is 0 Å². The predicted molar refractivity (Wildman–Crippen MR) is 85.1 cm³/mol. The summed E-state index contributed by atoms with van der Waals surface area (Å²) in [7, 11) is 0. The molecule has 2 atom stereocenters. The van der Waals surface area contributed by atoms with E-state index >= 15 is 0 Å². The van der Waals surface area contributed by atoms with Gasteiger partial charge in [0.15, 0.2) is 0 Å². The van der Waals surface area contributed by atoms with Gasteiger partial charge in [0.1, 0.15) is 11.3 Å². The highest BCUT2D eigenvalue weighted by Gasteiger charge is 2.44. The van der Waals surface area contributed by atoms with E-state index in [-0.39, 0.29) is 11.8 Å². The van der Waals surface area contributed by atoms with Gasteiger partial charge in [0.05, 0.1) is 11.5 Å². The third-order valence-electron chi connectivity index (χ3n) is 4.55. The van der Waals surface area contributed by atoms with Crippen LogP contribution in [0.4, 0.5) is 13.2 Å². The van der Waals surface area contributed by atoms with Crippen LogP contribution in [-0.4, -0.2) is 11.1 Å². The Morgan fingerprint density at radius 3 is 2.60 bits per heavy atom. The molecule has 0 bridgehead atoms. The fraction of sp³-hybridized carbons (Fsp3) is 0.211. The Morgan fingerprint density at radius 1 is 1.12 bits per heavy atom. The van der Waals surface area contributed by atoms with Crippen molar-refractivity contribution in [2.45, 2.75) is 18.5 Å². The van der Waals surface area contributed by atoms with Gasteiger partial charge < -0.3 is 9.52 Å². The van der Waals surface area contributed by atoms with E-state index in [4.69, 9.17) is 9.52 Å². The van der Waals surface area contributed by atoms with Gasteiger partial charge in [-0.25, -0.2) is 0 Å². The Morgan fingerprint density at radius 2 is 1.92 bits per heavy atom. The molecule has 1 saturated carbocycles. The zero-order valence-electron chi connectivity index (χ0n) is 12.9. The highest BCUT2D eigenvalue weighted by Crippen LogP contribution is 2.48. The standard InChI is InChI=1S/C19H13F3O3/c20-19(21,22)13-3-1-2-11(7-13)17-8-12-6-10(4-5-16(12)25-17)14-9-15(14)18(23)24/h1-8,14-15H,9H2,(H,23,24). The van der Waals surface area contributed by atoms with E-state index in [1.807, 2.05) is 12.1 Å². The maximum absolute atomic E-state index is 12.9. The van der Waals surface area contributed by atoms with Crippen LogP contribution in [0.5, 0.6) is 0 Å². The molecule has 0 saturated heterocycles. The largest absolute Gasteiger partial charge is 0.481 e. The second-order valence-electron chi connectivity index (χ2n) is 6.27. The van der Waals surface area contributed by atoms with Crippen molar-refractivity contribution in [1.29, 1.82) is 0 Å². The number of benzene rings is 2. The molecule has 0 aliphatic heterocycles. The summed E-state index contributed by atoms with van der Waals surface area (Å²) < 4.78 is 44.2. The lowest BCUT2D eigenvalue weighted by Crippen LogP contribution is -2.04. The molecular formula is C19H13F3O3. The summed E-state index contributed by atoms with van der Waals surface area (Å²) in [4.78, 5) is 11.0. The van der Waals surface area contributed by atoms with Crippen LogP contribution in [0.15, 0.2) is 52.9 Å². The van der Waals surface area contributed by atoms with Crippen LogP contribution in [0.1, 0.15) is 23.5 Å². The summed E-state index contributed by atoms with van der Waals surface area (Å²) in [5, 5.41) is 9.78. The van der Waals surface area contributed by atoms with Crippen molar-refractivity contribution < 1.29 is 27.5 Å². The number of carbonyl (C=O) groups is 1. The number of alkyl halides is 3. The molecule has 3 aromatic rings. The van der Waals surface area contributed by atoms with Gasteiger partial charge in [0, 0.05) is 10.9 Å². The van der Waals surface area contributed by atoms with Crippen molar-refractivity contribution >= 4 is 16.9 Å². The Balaban J connectivity index is 1.69. The molecule has 1 fully saturated rings. The molecule has 4 rings (SSSR count). The van der Waals surface area contributed by atoms with Crippen LogP contribution in [0.2, 0.25) is 0 Å². The predicted octanol–water partition coefficient (Wildman–Crippen LogP) is 5.31. The Labute approximate surface area is 140 Å². The first-order valence-corrected chi connectivity index (χ1v) is 7.77. The molecule has 0 spiro atoms. The topological polar surface area (TPSA) is 50.4 Å². The van der Waals surface area contributed by atoms with Crippen molar-refractivity contribution in [1.82, 2.24) is 0 Å². The van der Waals surface area contributed by atoms with Crippen molar-refractivity contribution in [3.63, 3.8) is 0 Å². The number of aliphatic carboxylic acids is 1. The quantitative estimate of drug-likeness (QED) is 0.699. The average Bonchev–Trinajstić information content (AvgIpc) is 3.26. The second kappa shape index (κ2) is 5.37. The number of fused-ring (bicyclic) bond motifs is 1. The summed E-state index contributed by atoms with van der Waals surface area (Å²) in [5.74, 6) is -0.813. The molecule has 0 radical (unpaired) electrons. The molecule has 1 aliphatic rings. The number of carboxylic acid groups (broad SMARTS) is 1. The van der Waals surface area contributed by atoms with E-state index in [0.717, 1.165) is 23.1 Å². The molecule has 2 unspecified atom stereocenters. The van der Waals surface area contributed by atoms with E-state index < -0.39 is 17.7 Å². The molecule has 6 heteroatoms. The third kappa shape index (κ3) is 2.88. The molecule has 2 aromatic carbocycles. The molecule has 1 aliphatic carbocycles. The SMILES string of the molecule is O=C(O)C1CC1c1ccc2oc(-c3cccc(C(F)(F)F)c3)cc2c1. The number of hydrogen-bond donors (Lipinski definition) is 1. The van der Waals surface area contributed by atoms with E-state index in [1.165, 1.54) is 6.07 Å². The van der Waals surface area contributed by atoms with Gasteiger partial charge in [-0.05, 0) is 48.2 Å². The molecular weight excluding hydrogens is 333 g/mol. The summed E-state index contributed by atoms with van der Waals surface area (Å²) >= 11 is 0. The fourth-order valence-corrected chi connectivity index (χ4v) is 3.12. The lowest BCUT2D eigenvalue weighted by molar-refractivity contribution is -0.139. The van der Waals surface area contributed by atoms with Crippen LogP contribution in [0.3, 0.4) is 0 Å². The van der Waals surface area contributed by atoms with Crippen molar-refractivity contribution in [2.24, 2.45) is 5.92 Å². The van der Waals surface area contributed by atoms with Gasteiger partial charge >= 0.3 is 12.1 Å². The monoisotopic (exact) mass is 346 g/mol. The van der Waals surface area contributed by atoms with E-state index in [1.54, 1.807) is 18.2 Å². The minimum absolute atomic E-state index is 0.00573. The van der Waals surface area contributed by atoms with Gasteiger partial charge in [-0.3, -0.25) is 4.79 Å². The van der Waals surface area contributed by atoms with Crippen LogP contribution in [-0.2, 0) is 11.0 Å². The first-order valence-electron chi connectivity index (χ1n) is 7.77. The summed E-state index contributed by atoms with van der Waals surface area (Å²) in [6.45, 7) is 0. The number of rotatable bonds is 3. The lowest BCUT2D eigenvalue weighted by Gasteiger charge is -2.07. The van der Waals surface area contributed by atoms with E-state index in [0.29, 0.717) is 23.3 Å². The summed E-state index contributed by atoms with van der Waals surface area (Å²) in [6.07, 6.45) is -3.80. The average molecular weight is 346 g/mol. The Kier molecular flexibility index (Phi) is 3.39.